The molecule has 1 amide bonds. The number of carbonyl (C=O) groups excluding carboxylic acids is 2. The lowest BCUT2D eigenvalue weighted by Gasteiger charge is -2.17. The Labute approximate surface area is 171 Å². The van der Waals surface area contributed by atoms with Gasteiger partial charge in [-0.2, -0.15) is 5.26 Å². The van der Waals surface area contributed by atoms with E-state index < -0.39 is 12.1 Å². The van der Waals surface area contributed by atoms with E-state index in [2.05, 4.69) is 19.2 Å². The van der Waals surface area contributed by atoms with Crippen LogP contribution in [0.3, 0.4) is 0 Å². The average Bonchev–Trinajstić information content (AvgIpc) is 3.54. The van der Waals surface area contributed by atoms with Gasteiger partial charge >= 0.3 is 5.97 Å². The van der Waals surface area contributed by atoms with E-state index in [9.17, 15) is 14.9 Å². The second-order valence-corrected chi connectivity index (χ2v) is 7.47. The summed E-state index contributed by atoms with van der Waals surface area (Å²) < 4.78 is 5.47. The zero-order chi connectivity index (χ0) is 20.8. The molecule has 0 spiro atoms. The second-order valence-electron chi connectivity index (χ2n) is 7.47. The maximum Gasteiger partial charge on any atom is 0.350 e. The Balaban J connectivity index is 1.79. The van der Waals surface area contributed by atoms with Crippen molar-refractivity contribution >= 4 is 18.0 Å². The molecule has 1 aliphatic carbocycles. The predicted octanol–water partition coefficient (Wildman–Crippen LogP) is 4.28. The number of rotatable bonds is 7. The zero-order valence-electron chi connectivity index (χ0n) is 16.6. The van der Waals surface area contributed by atoms with Crippen molar-refractivity contribution in [3.8, 4) is 6.07 Å². The highest BCUT2D eigenvalue weighted by atomic mass is 16.5. The van der Waals surface area contributed by atoms with Crippen LogP contribution in [0.25, 0.3) is 6.08 Å². The Morgan fingerprint density at radius 2 is 1.72 bits per heavy atom. The molecule has 148 valence electrons. The van der Waals surface area contributed by atoms with Crippen molar-refractivity contribution in [2.24, 2.45) is 0 Å². The fourth-order valence-corrected chi connectivity index (χ4v) is 2.86. The number of ether oxygens (including phenoxy) is 1. The monoisotopic (exact) mass is 388 g/mol. The third kappa shape index (κ3) is 5.55. The van der Waals surface area contributed by atoms with Crippen molar-refractivity contribution in [1.29, 1.82) is 5.26 Å². The normalized spacial score (nSPS) is 14.8. The maximum atomic E-state index is 12.7. The number of hydrogen-bond acceptors (Lipinski definition) is 4. The van der Waals surface area contributed by atoms with E-state index >= 15 is 0 Å². The van der Waals surface area contributed by atoms with Gasteiger partial charge < -0.3 is 10.1 Å². The highest BCUT2D eigenvalue weighted by Crippen LogP contribution is 2.24. The summed E-state index contributed by atoms with van der Waals surface area (Å²) in [5.74, 6) is -0.795. The van der Waals surface area contributed by atoms with E-state index in [1.165, 1.54) is 11.6 Å². The Hall–Kier alpha value is -3.39. The summed E-state index contributed by atoms with van der Waals surface area (Å²) >= 11 is 0. The third-order valence-corrected chi connectivity index (χ3v) is 4.74. The maximum absolute atomic E-state index is 12.7. The van der Waals surface area contributed by atoms with Crippen LogP contribution in [-0.4, -0.2) is 17.9 Å². The average molecular weight is 388 g/mol. The fraction of sp³-hybridized carbons (Fsp3) is 0.292. The minimum absolute atomic E-state index is 0.137. The summed E-state index contributed by atoms with van der Waals surface area (Å²) in [5, 5.41) is 12.3. The van der Waals surface area contributed by atoms with Gasteiger partial charge in [0.25, 0.3) is 5.91 Å². The summed E-state index contributed by atoms with van der Waals surface area (Å²) in [4.78, 5) is 25.3. The number of amides is 1. The summed E-state index contributed by atoms with van der Waals surface area (Å²) in [6.07, 6.45) is 2.24. The number of carbonyl (C=O) groups is 2. The van der Waals surface area contributed by atoms with Crippen LogP contribution < -0.4 is 5.32 Å². The second kappa shape index (κ2) is 9.20. The van der Waals surface area contributed by atoms with Gasteiger partial charge in [-0.1, -0.05) is 68.4 Å². The molecule has 0 aliphatic heterocycles. The molecule has 2 aromatic rings. The van der Waals surface area contributed by atoms with Crippen molar-refractivity contribution in [1.82, 2.24) is 5.32 Å². The molecule has 0 aromatic heterocycles. The minimum atomic E-state index is -1.09. The predicted molar refractivity (Wildman–Crippen MR) is 111 cm³/mol. The van der Waals surface area contributed by atoms with Gasteiger partial charge in [-0.05, 0) is 36.0 Å². The first kappa shape index (κ1) is 20.3. The number of nitriles is 1. The molecule has 1 atom stereocenters. The number of esters is 1. The van der Waals surface area contributed by atoms with Gasteiger partial charge in [0, 0.05) is 11.6 Å². The quantitative estimate of drug-likeness (QED) is 0.436. The third-order valence-electron chi connectivity index (χ3n) is 4.74. The molecular weight excluding hydrogens is 364 g/mol. The van der Waals surface area contributed by atoms with E-state index in [1.807, 2.05) is 36.4 Å². The van der Waals surface area contributed by atoms with Crippen LogP contribution in [0.1, 0.15) is 55.4 Å². The Morgan fingerprint density at radius 3 is 2.28 bits per heavy atom. The number of hydrogen-bond donors (Lipinski definition) is 1. The summed E-state index contributed by atoms with van der Waals surface area (Å²) in [6, 6.07) is 18.5. The molecule has 29 heavy (non-hydrogen) atoms. The lowest BCUT2D eigenvalue weighted by Crippen LogP contribution is -2.33. The molecule has 0 heterocycles. The van der Waals surface area contributed by atoms with Gasteiger partial charge in [0.1, 0.15) is 11.6 Å². The Morgan fingerprint density at radius 1 is 1.07 bits per heavy atom. The van der Waals surface area contributed by atoms with Crippen LogP contribution in [0.4, 0.5) is 0 Å². The smallest absolute Gasteiger partial charge is 0.350 e. The number of benzene rings is 2. The first-order valence-corrected chi connectivity index (χ1v) is 9.76. The summed E-state index contributed by atoms with van der Waals surface area (Å²) in [6.45, 7) is 4.19. The van der Waals surface area contributed by atoms with Crippen LogP contribution in [0.5, 0.6) is 0 Å². The molecule has 0 unspecified atom stereocenters. The van der Waals surface area contributed by atoms with E-state index in [0.29, 0.717) is 11.5 Å². The topological polar surface area (TPSA) is 79.2 Å². The molecule has 2 aromatic carbocycles. The van der Waals surface area contributed by atoms with Crippen LogP contribution in [0.15, 0.2) is 60.2 Å². The zero-order valence-corrected chi connectivity index (χ0v) is 16.6. The van der Waals surface area contributed by atoms with Gasteiger partial charge in [0.05, 0.1) is 0 Å². The first-order valence-electron chi connectivity index (χ1n) is 9.76. The van der Waals surface area contributed by atoms with Crippen LogP contribution in [0.2, 0.25) is 0 Å². The van der Waals surface area contributed by atoms with Crippen LogP contribution in [0, 0.1) is 11.3 Å². The molecule has 5 nitrogen and oxygen atoms in total. The van der Waals surface area contributed by atoms with E-state index in [1.54, 1.807) is 24.3 Å². The van der Waals surface area contributed by atoms with Crippen molar-refractivity contribution < 1.29 is 14.3 Å². The van der Waals surface area contributed by atoms with Crippen molar-refractivity contribution in [3.05, 3.63) is 76.9 Å². The molecule has 5 heteroatoms. The lowest BCUT2D eigenvalue weighted by molar-refractivity contribution is -0.152. The molecular formula is C24H24N2O3. The highest BCUT2D eigenvalue weighted by molar-refractivity contribution is 5.99. The molecule has 1 aliphatic rings. The molecule has 1 fully saturated rings. The molecule has 1 N–H and O–H groups in total. The lowest BCUT2D eigenvalue weighted by atomic mass is 10.0. The van der Waals surface area contributed by atoms with E-state index in [0.717, 1.165) is 18.4 Å². The van der Waals surface area contributed by atoms with Crippen molar-refractivity contribution in [2.75, 3.05) is 0 Å². The molecule has 0 bridgehead atoms. The Kier molecular flexibility index (Phi) is 6.46. The SMILES string of the molecule is CC(C)c1ccc(/C=C(\C#N)C(=O)O[C@H](C(=O)NC2CC2)c2ccccc2)cc1. The Bertz CT molecular complexity index is 936. The van der Waals surface area contributed by atoms with Crippen LogP contribution in [-0.2, 0) is 14.3 Å². The highest BCUT2D eigenvalue weighted by Gasteiger charge is 2.31. The largest absolute Gasteiger partial charge is 0.443 e. The van der Waals surface area contributed by atoms with E-state index in [4.69, 9.17) is 4.74 Å². The van der Waals surface area contributed by atoms with Gasteiger partial charge in [0.15, 0.2) is 0 Å². The summed E-state index contributed by atoms with van der Waals surface area (Å²) in [7, 11) is 0. The molecule has 0 radical (unpaired) electrons. The standard InChI is InChI=1S/C24H24N2O3/c1-16(2)18-10-8-17(9-11-18)14-20(15-25)24(28)29-22(19-6-4-3-5-7-19)23(27)26-21-12-13-21/h3-11,14,16,21-22H,12-13H2,1-2H3,(H,26,27)/b20-14+/t22-/m0/s1. The first-order chi connectivity index (χ1) is 14.0. The minimum Gasteiger partial charge on any atom is -0.443 e. The van der Waals surface area contributed by atoms with Crippen molar-refractivity contribution in [2.45, 2.75) is 44.8 Å². The van der Waals surface area contributed by atoms with Gasteiger partial charge in [0.2, 0.25) is 6.10 Å². The summed E-state index contributed by atoms with van der Waals surface area (Å²) in [5.41, 5.74) is 2.31. The molecule has 0 saturated heterocycles. The van der Waals surface area contributed by atoms with Gasteiger partial charge in [-0.25, -0.2) is 4.79 Å². The fourth-order valence-electron chi connectivity index (χ4n) is 2.86. The molecule has 3 rings (SSSR count). The van der Waals surface area contributed by atoms with Gasteiger partial charge in [-0.15, -0.1) is 0 Å². The van der Waals surface area contributed by atoms with Gasteiger partial charge in [-0.3, -0.25) is 4.79 Å². The molecule has 1 saturated carbocycles. The van der Waals surface area contributed by atoms with Crippen molar-refractivity contribution in [3.63, 3.8) is 0 Å². The number of nitrogens with zero attached hydrogens (tertiary/aromatic N) is 1. The van der Waals surface area contributed by atoms with Crippen LogP contribution >= 0.6 is 0 Å². The number of nitrogens with one attached hydrogen (secondary N) is 1. The van der Waals surface area contributed by atoms with E-state index in [-0.39, 0.29) is 17.5 Å².